The first-order chi connectivity index (χ1) is 11.2. The third-order valence-electron chi connectivity index (χ3n) is 4.00. The number of benzene rings is 3. The maximum absolute atomic E-state index is 9.40. The van der Waals surface area contributed by atoms with Gasteiger partial charge in [-0.15, -0.1) is 0 Å². The van der Waals surface area contributed by atoms with Crippen LogP contribution in [0.5, 0.6) is 5.75 Å². The zero-order valence-corrected chi connectivity index (χ0v) is 14.4. The molecule has 4 rings (SSSR count). The Morgan fingerprint density at radius 3 is 2.22 bits per heavy atom. The minimum Gasteiger partial charge on any atom is -0.508 e. The zero-order valence-electron chi connectivity index (χ0n) is 12.3. The quantitative estimate of drug-likeness (QED) is 0.401. The molecule has 0 aliphatic rings. The lowest BCUT2D eigenvalue weighted by Gasteiger charge is -2.02. The highest BCUT2D eigenvalue weighted by atomic mass is 127. The molecule has 0 radical (unpaired) electrons. The van der Waals surface area contributed by atoms with E-state index in [1.54, 1.807) is 12.1 Å². The topological polar surface area (TPSA) is 36.0 Å². The van der Waals surface area contributed by atoms with Crippen molar-refractivity contribution in [2.45, 2.75) is 0 Å². The number of fused-ring (bicyclic) bond motifs is 1. The van der Waals surface area contributed by atoms with E-state index in [9.17, 15) is 5.11 Å². The van der Waals surface area contributed by atoms with E-state index < -0.39 is 0 Å². The summed E-state index contributed by atoms with van der Waals surface area (Å²) >= 11 is 2.34. The lowest BCUT2D eigenvalue weighted by atomic mass is 10.0. The number of hydrogen-bond acceptors (Lipinski definition) is 1. The fraction of sp³-hybridized carbons (Fsp3) is 0. The third kappa shape index (κ3) is 2.84. The van der Waals surface area contributed by atoms with Crippen LogP contribution in [0, 0.1) is 3.57 Å². The van der Waals surface area contributed by atoms with Crippen molar-refractivity contribution in [2.75, 3.05) is 0 Å². The second kappa shape index (κ2) is 5.74. The molecule has 0 aliphatic heterocycles. The van der Waals surface area contributed by atoms with E-state index in [2.05, 4.69) is 70.0 Å². The van der Waals surface area contributed by atoms with Crippen LogP contribution >= 0.6 is 22.6 Å². The zero-order chi connectivity index (χ0) is 15.8. The molecule has 2 N–H and O–H groups in total. The highest BCUT2D eigenvalue weighted by Gasteiger charge is 2.05. The van der Waals surface area contributed by atoms with Crippen molar-refractivity contribution in [3.8, 4) is 28.1 Å². The van der Waals surface area contributed by atoms with Crippen LogP contribution in [0.4, 0.5) is 0 Å². The van der Waals surface area contributed by atoms with Gasteiger partial charge in [0, 0.05) is 15.5 Å². The van der Waals surface area contributed by atoms with Gasteiger partial charge in [0.15, 0.2) is 0 Å². The number of aromatic hydroxyl groups is 1. The van der Waals surface area contributed by atoms with E-state index in [0.29, 0.717) is 0 Å². The average molecular weight is 411 g/mol. The maximum Gasteiger partial charge on any atom is 0.115 e. The van der Waals surface area contributed by atoms with Gasteiger partial charge in [-0.25, -0.2) is 0 Å². The lowest BCUT2D eigenvalue weighted by Crippen LogP contribution is -1.78. The highest BCUT2D eigenvalue weighted by Crippen LogP contribution is 2.29. The number of aromatic amines is 1. The summed E-state index contributed by atoms with van der Waals surface area (Å²) in [6.45, 7) is 0. The SMILES string of the molecule is Oc1ccc(-c2cc(-c3ccc4cc(I)ccc4c3)c[nH]2)cc1. The van der Waals surface area contributed by atoms with E-state index in [0.717, 1.165) is 16.8 Å². The minimum atomic E-state index is 0.282. The van der Waals surface area contributed by atoms with E-state index >= 15 is 0 Å². The maximum atomic E-state index is 9.40. The van der Waals surface area contributed by atoms with Crippen molar-refractivity contribution in [1.29, 1.82) is 0 Å². The Hall–Kier alpha value is -2.27. The number of aromatic nitrogens is 1. The van der Waals surface area contributed by atoms with Crippen molar-refractivity contribution in [3.63, 3.8) is 0 Å². The molecule has 0 saturated heterocycles. The summed E-state index contributed by atoms with van der Waals surface area (Å²) < 4.78 is 1.25. The Kier molecular flexibility index (Phi) is 3.58. The molecular formula is C20H14INO. The Labute approximate surface area is 147 Å². The first-order valence-electron chi connectivity index (χ1n) is 7.36. The van der Waals surface area contributed by atoms with Gasteiger partial charge in [-0.2, -0.15) is 0 Å². The van der Waals surface area contributed by atoms with Crippen LogP contribution < -0.4 is 0 Å². The predicted octanol–water partition coefficient (Wildman–Crippen LogP) is 5.81. The number of phenols is 1. The standard InChI is InChI=1S/C20H14INO/c21-18-6-3-14-9-15(1-2-16(14)10-18)17-11-20(22-12-17)13-4-7-19(23)8-5-13/h1-12,22-23H. The van der Waals surface area contributed by atoms with E-state index in [1.807, 2.05) is 18.3 Å². The normalized spacial score (nSPS) is 11.0. The molecule has 0 aliphatic carbocycles. The summed E-state index contributed by atoms with van der Waals surface area (Å²) in [7, 11) is 0. The molecule has 112 valence electrons. The molecule has 0 fully saturated rings. The number of H-pyrrole nitrogens is 1. The van der Waals surface area contributed by atoms with Crippen LogP contribution in [-0.4, -0.2) is 10.1 Å². The van der Waals surface area contributed by atoms with Gasteiger partial charge in [0.05, 0.1) is 0 Å². The smallest absolute Gasteiger partial charge is 0.115 e. The Bertz CT molecular complexity index is 986. The summed E-state index contributed by atoms with van der Waals surface area (Å²) in [6, 6.07) is 22.4. The number of rotatable bonds is 2. The monoisotopic (exact) mass is 411 g/mol. The third-order valence-corrected chi connectivity index (χ3v) is 4.67. The first kappa shape index (κ1) is 14.3. The van der Waals surface area contributed by atoms with Crippen LogP contribution in [0.2, 0.25) is 0 Å². The fourth-order valence-electron chi connectivity index (χ4n) is 2.76. The second-order valence-corrected chi connectivity index (χ2v) is 6.80. The van der Waals surface area contributed by atoms with Gasteiger partial charge in [-0.1, -0.05) is 18.2 Å². The molecule has 2 nitrogen and oxygen atoms in total. The first-order valence-corrected chi connectivity index (χ1v) is 8.44. The van der Waals surface area contributed by atoms with Gasteiger partial charge in [-0.3, -0.25) is 0 Å². The van der Waals surface area contributed by atoms with Gasteiger partial charge >= 0.3 is 0 Å². The largest absolute Gasteiger partial charge is 0.508 e. The minimum absolute atomic E-state index is 0.282. The van der Waals surface area contributed by atoms with Crippen LogP contribution in [-0.2, 0) is 0 Å². The summed E-state index contributed by atoms with van der Waals surface area (Å²) in [6.07, 6.45) is 2.02. The van der Waals surface area contributed by atoms with Crippen LogP contribution in [0.1, 0.15) is 0 Å². The lowest BCUT2D eigenvalue weighted by molar-refractivity contribution is 0.475. The molecule has 3 heteroatoms. The van der Waals surface area contributed by atoms with Crippen LogP contribution in [0.3, 0.4) is 0 Å². The summed E-state index contributed by atoms with van der Waals surface area (Å²) in [4.78, 5) is 3.31. The molecule has 0 atom stereocenters. The second-order valence-electron chi connectivity index (χ2n) is 5.56. The predicted molar refractivity (Wildman–Crippen MR) is 104 cm³/mol. The van der Waals surface area contributed by atoms with E-state index in [-0.39, 0.29) is 5.75 Å². The van der Waals surface area contributed by atoms with Gasteiger partial charge in [0.1, 0.15) is 5.75 Å². The summed E-state index contributed by atoms with van der Waals surface area (Å²) in [5, 5.41) is 11.9. The number of phenolic OH excluding ortho intramolecular Hbond substituents is 1. The number of nitrogens with one attached hydrogen (secondary N) is 1. The summed E-state index contributed by atoms with van der Waals surface area (Å²) in [5.74, 6) is 0.282. The molecule has 0 amide bonds. The van der Waals surface area contributed by atoms with E-state index in [1.165, 1.54) is 19.9 Å². The van der Waals surface area contributed by atoms with Crippen LogP contribution in [0.25, 0.3) is 33.2 Å². The van der Waals surface area contributed by atoms with E-state index in [4.69, 9.17) is 0 Å². The molecule has 1 aromatic heterocycles. The highest BCUT2D eigenvalue weighted by molar-refractivity contribution is 14.1. The Morgan fingerprint density at radius 2 is 1.39 bits per heavy atom. The fourth-order valence-corrected chi connectivity index (χ4v) is 3.28. The summed E-state index contributed by atoms with van der Waals surface area (Å²) in [5.41, 5.74) is 4.46. The van der Waals surface area contributed by atoms with Crippen molar-refractivity contribution in [3.05, 3.63) is 76.5 Å². The number of hydrogen-bond donors (Lipinski definition) is 2. The van der Waals surface area contributed by atoms with Gasteiger partial charge < -0.3 is 10.1 Å². The average Bonchev–Trinajstić information content (AvgIpc) is 3.05. The van der Waals surface area contributed by atoms with Gasteiger partial charge in [-0.05, 0) is 98.6 Å². The molecule has 0 unspecified atom stereocenters. The number of halogens is 1. The molecule has 1 heterocycles. The van der Waals surface area contributed by atoms with Gasteiger partial charge in [0.2, 0.25) is 0 Å². The molecule has 3 aromatic carbocycles. The van der Waals surface area contributed by atoms with Crippen molar-refractivity contribution in [2.24, 2.45) is 0 Å². The molecule has 0 bridgehead atoms. The molecule has 23 heavy (non-hydrogen) atoms. The molecule has 0 saturated carbocycles. The Morgan fingerprint density at radius 1 is 0.696 bits per heavy atom. The van der Waals surface area contributed by atoms with Crippen molar-refractivity contribution >= 4 is 33.4 Å². The van der Waals surface area contributed by atoms with Crippen molar-refractivity contribution < 1.29 is 5.11 Å². The van der Waals surface area contributed by atoms with Crippen LogP contribution in [0.15, 0.2) is 72.9 Å². The Balaban J connectivity index is 1.73. The molecule has 4 aromatic rings. The molecule has 0 spiro atoms. The van der Waals surface area contributed by atoms with Crippen molar-refractivity contribution in [1.82, 2.24) is 4.98 Å². The molecular weight excluding hydrogens is 397 g/mol. The van der Waals surface area contributed by atoms with Gasteiger partial charge in [0.25, 0.3) is 0 Å².